The second kappa shape index (κ2) is 5.91. The van der Waals surface area contributed by atoms with Crippen LogP contribution in [0.4, 0.5) is 11.5 Å². The summed E-state index contributed by atoms with van der Waals surface area (Å²) in [7, 11) is 1.88. The van der Waals surface area contributed by atoms with Crippen LogP contribution in [-0.2, 0) is 7.05 Å². The van der Waals surface area contributed by atoms with E-state index in [-0.39, 0.29) is 6.10 Å². The molecule has 1 aromatic rings. The first-order valence-corrected chi connectivity index (χ1v) is 6.21. The van der Waals surface area contributed by atoms with Gasteiger partial charge < -0.3 is 16.2 Å². The van der Waals surface area contributed by atoms with E-state index in [0.717, 1.165) is 24.4 Å². The van der Waals surface area contributed by atoms with Gasteiger partial charge in [0.15, 0.2) is 0 Å². The van der Waals surface area contributed by atoms with E-state index in [9.17, 15) is 5.11 Å². The maximum atomic E-state index is 9.47. The lowest BCUT2D eigenvalue weighted by molar-refractivity contribution is 0.164. The summed E-state index contributed by atoms with van der Waals surface area (Å²) in [6, 6.07) is 0. The number of nitrogens with zero attached hydrogens (tertiary/aromatic N) is 2. The van der Waals surface area contributed by atoms with E-state index in [4.69, 9.17) is 5.73 Å². The van der Waals surface area contributed by atoms with E-state index >= 15 is 0 Å². The van der Waals surface area contributed by atoms with Crippen molar-refractivity contribution in [3.05, 3.63) is 5.69 Å². The minimum absolute atomic E-state index is 0.249. The molecule has 0 bridgehead atoms. The maximum absolute atomic E-state index is 9.47. The molecular formula is C12H24N4O. The molecule has 5 nitrogen and oxygen atoms in total. The van der Waals surface area contributed by atoms with Gasteiger partial charge in [0.2, 0.25) is 0 Å². The number of aryl methyl sites for hydroxylation is 1. The molecule has 1 heterocycles. The van der Waals surface area contributed by atoms with Crippen LogP contribution in [0.2, 0.25) is 0 Å². The largest absolute Gasteiger partial charge is 0.394 e. The van der Waals surface area contributed by atoms with E-state index in [1.165, 1.54) is 0 Å². The average molecular weight is 240 g/mol. The van der Waals surface area contributed by atoms with Crippen molar-refractivity contribution < 1.29 is 5.11 Å². The van der Waals surface area contributed by atoms with Gasteiger partial charge in [-0.05, 0) is 18.8 Å². The van der Waals surface area contributed by atoms with Crippen LogP contribution in [0.25, 0.3) is 0 Å². The number of hydrogen-bond donors (Lipinski definition) is 3. The number of aromatic nitrogens is 2. The van der Waals surface area contributed by atoms with Crippen molar-refractivity contribution in [2.24, 2.45) is 7.05 Å². The average Bonchev–Trinajstić information content (AvgIpc) is 2.56. The number of hydrogen-bond acceptors (Lipinski definition) is 4. The molecule has 0 aromatic carbocycles. The summed E-state index contributed by atoms with van der Waals surface area (Å²) in [5.74, 6) is 1.16. The van der Waals surface area contributed by atoms with E-state index in [1.54, 1.807) is 4.68 Å². The molecule has 0 radical (unpaired) electrons. The molecule has 17 heavy (non-hydrogen) atoms. The van der Waals surface area contributed by atoms with Crippen molar-refractivity contribution in [1.82, 2.24) is 9.78 Å². The summed E-state index contributed by atoms with van der Waals surface area (Å²) < 4.78 is 1.77. The highest BCUT2D eigenvalue weighted by Crippen LogP contribution is 2.27. The van der Waals surface area contributed by atoms with Crippen LogP contribution in [0, 0.1) is 0 Å². The van der Waals surface area contributed by atoms with Gasteiger partial charge in [0.1, 0.15) is 5.82 Å². The standard InChI is InChI=1S/C12H24N4O/c1-5-9(17)6-7-14-12-10(13)11(8(2)3)15-16(12)4/h8-9,14,17H,5-7,13H2,1-4H3. The Hall–Kier alpha value is -1.23. The predicted molar refractivity (Wildman–Crippen MR) is 71.1 cm³/mol. The fraction of sp³-hybridized carbons (Fsp3) is 0.750. The minimum atomic E-state index is -0.249. The van der Waals surface area contributed by atoms with E-state index < -0.39 is 0 Å². The number of nitrogen functional groups attached to an aromatic ring is 1. The Bertz CT molecular complexity index is 360. The first-order valence-electron chi connectivity index (χ1n) is 6.21. The van der Waals surface area contributed by atoms with Crippen molar-refractivity contribution in [2.45, 2.75) is 45.6 Å². The molecule has 0 saturated heterocycles. The third-order valence-electron chi connectivity index (χ3n) is 2.90. The molecule has 4 N–H and O–H groups in total. The summed E-state index contributed by atoms with van der Waals surface area (Å²) in [6.45, 7) is 6.82. The Morgan fingerprint density at radius 3 is 2.59 bits per heavy atom. The Balaban J connectivity index is 2.65. The van der Waals surface area contributed by atoms with Crippen molar-refractivity contribution in [3.8, 4) is 0 Å². The highest BCUT2D eigenvalue weighted by molar-refractivity contribution is 5.65. The van der Waals surface area contributed by atoms with Crippen LogP contribution in [0.1, 0.15) is 45.2 Å². The molecule has 0 aliphatic rings. The topological polar surface area (TPSA) is 76.1 Å². The SMILES string of the molecule is CCC(O)CCNc1c(N)c(C(C)C)nn1C. The van der Waals surface area contributed by atoms with Crippen LogP contribution < -0.4 is 11.1 Å². The normalized spacial score (nSPS) is 13.1. The quantitative estimate of drug-likeness (QED) is 0.707. The van der Waals surface area contributed by atoms with Gasteiger partial charge in [0.25, 0.3) is 0 Å². The molecule has 0 fully saturated rings. The zero-order valence-electron chi connectivity index (χ0n) is 11.2. The molecule has 1 aromatic heterocycles. The number of nitrogens with one attached hydrogen (secondary N) is 1. The molecule has 0 saturated carbocycles. The number of rotatable bonds is 6. The molecule has 1 atom stereocenters. The van der Waals surface area contributed by atoms with Gasteiger partial charge >= 0.3 is 0 Å². The lowest BCUT2D eigenvalue weighted by Crippen LogP contribution is -2.14. The molecule has 1 unspecified atom stereocenters. The molecule has 0 aliphatic carbocycles. The molecule has 0 aliphatic heterocycles. The fourth-order valence-corrected chi connectivity index (χ4v) is 1.76. The highest BCUT2D eigenvalue weighted by atomic mass is 16.3. The molecule has 98 valence electrons. The molecule has 0 amide bonds. The summed E-state index contributed by atoms with van der Waals surface area (Å²) in [4.78, 5) is 0. The second-order valence-corrected chi connectivity index (χ2v) is 4.70. The zero-order valence-corrected chi connectivity index (χ0v) is 11.2. The third-order valence-corrected chi connectivity index (χ3v) is 2.90. The molecule has 5 heteroatoms. The van der Waals surface area contributed by atoms with Crippen LogP contribution in [-0.4, -0.2) is 27.5 Å². The van der Waals surface area contributed by atoms with Gasteiger partial charge in [0.05, 0.1) is 17.5 Å². The van der Waals surface area contributed by atoms with Gasteiger partial charge in [-0.2, -0.15) is 5.10 Å². The van der Waals surface area contributed by atoms with E-state index in [0.29, 0.717) is 18.2 Å². The van der Waals surface area contributed by atoms with E-state index in [2.05, 4.69) is 24.3 Å². The Labute approximate surface area is 103 Å². The minimum Gasteiger partial charge on any atom is -0.394 e. The van der Waals surface area contributed by atoms with Crippen LogP contribution in [0.3, 0.4) is 0 Å². The number of anilines is 2. The lowest BCUT2D eigenvalue weighted by Gasteiger charge is -2.10. The summed E-state index contributed by atoms with van der Waals surface area (Å²) in [5.41, 5.74) is 7.68. The van der Waals surface area contributed by atoms with Gasteiger partial charge in [-0.15, -0.1) is 0 Å². The lowest BCUT2D eigenvalue weighted by atomic mass is 10.1. The molecule has 0 spiro atoms. The Morgan fingerprint density at radius 2 is 2.12 bits per heavy atom. The fourth-order valence-electron chi connectivity index (χ4n) is 1.76. The number of aliphatic hydroxyl groups is 1. The summed E-state index contributed by atoms with van der Waals surface area (Å²) in [5, 5.41) is 17.1. The van der Waals surface area contributed by atoms with E-state index in [1.807, 2.05) is 14.0 Å². The second-order valence-electron chi connectivity index (χ2n) is 4.70. The first kappa shape index (κ1) is 13.8. The van der Waals surface area contributed by atoms with Crippen LogP contribution >= 0.6 is 0 Å². The highest BCUT2D eigenvalue weighted by Gasteiger charge is 2.15. The van der Waals surface area contributed by atoms with Crippen molar-refractivity contribution in [3.63, 3.8) is 0 Å². The zero-order chi connectivity index (χ0) is 13.0. The van der Waals surface area contributed by atoms with Crippen molar-refractivity contribution >= 4 is 11.5 Å². The number of aliphatic hydroxyl groups excluding tert-OH is 1. The molecular weight excluding hydrogens is 216 g/mol. The van der Waals surface area contributed by atoms with Gasteiger partial charge in [-0.25, -0.2) is 0 Å². The summed E-state index contributed by atoms with van der Waals surface area (Å²) in [6.07, 6.45) is 1.25. The van der Waals surface area contributed by atoms with Gasteiger partial charge in [0, 0.05) is 13.6 Å². The Kier molecular flexibility index (Phi) is 4.81. The first-order chi connectivity index (χ1) is 7.97. The van der Waals surface area contributed by atoms with Crippen LogP contribution in [0.5, 0.6) is 0 Å². The third kappa shape index (κ3) is 3.36. The smallest absolute Gasteiger partial charge is 0.147 e. The van der Waals surface area contributed by atoms with Crippen LogP contribution in [0.15, 0.2) is 0 Å². The Morgan fingerprint density at radius 1 is 1.47 bits per heavy atom. The summed E-state index contributed by atoms with van der Waals surface area (Å²) >= 11 is 0. The molecule has 1 rings (SSSR count). The monoisotopic (exact) mass is 240 g/mol. The van der Waals surface area contributed by atoms with Crippen molar-refractivity contribution in [1.29, 1.82) is 0 Å². The van der Waals surface area contributed by atoms with Gasteiger partial charge in [-0.3, -0.25) is 4.68 Å². The van der Waals surface area contributed by atoms with Crippen molar-refractivity contribution in [2.75, 3.05) is 17.6 Å². The van der Waals surface area contributed by atoms with Gasteiger partial charge in [-0.1, -0.05) is 20.8 Å². The predicted octanol–water partition coefficient (Wildman–Crippen LogP) is 1.70. The number of nitrogens with two attached hydrogens (primary N) is 1. The maximum Gasteiger partial charge on any atom is 0.147 e.